The Morgan fingerprint density at radius 3 is 2.30 bits per heavy atom. The third kappa shape index (κ3) is 2.54. The number of phenols is 1. The minimum absolute atomic E-state index is 0.0293. The summed E-state index contributed by atoms with van der Waals surface area (Å²) in [6, 6.07) is 10.8. The van der Waals surface area contributed by atoms with Crippen LogP contribution in [-0.4, -0.2) is 17.0 Å². The SMILES string of the molecule is NC(=O)c1c(OC(=O)c2ccccc2)ccc(N)c1O. The molecular weight excluding hydrogens is 260 g/mol. The van der Waals surface area contributed by atoms with Crippen LogP contribution in [0.25, 0.3) is 0 Å². The number of rotatable bonds is 3. The average molecular weight is 272 g/mol. The summed E-state index contributed by atoms with van der Waals surface area (Å²) in [7, 11) is 0. The molecule has 1 amide bonds. The number of primary amides is 1. The van der Waals surface area contributed by atoms with Gasteiger partial charge in [-0.15, -0.1) is 0 Å². The van der Waals surface area contributed by atoms with Crippen LogP contribution in [0.5, 0.6) is 11.5 Å². The fraction of sp³-hybridized carbons (Fsp3) is 0. The third-order valence-electron chi connectivity index (χ3n) is 2.63. The minimum Gasteiger partial charge on any atom is -0.505 e. The highest BCUT2D eigenvalue weighted by atomic mass is 16.5. The van der Waals surface area contributed by atoms with Gasteiger partial charge in [-0.1, -0.05) is 18.2 Å². The second kappa shape index (κ2) is 5.31. The first-order valence-corrected chi connectivity index (χ1v) is 5.69. The largest absolute Gasteiger partial charge is 0.505 e. The van der Waals surface area contributed by atoms with Gasteiger partial charge in [-0.2, -0.15) is 0 Å². The second-order valence-corrected chi connectivity index (χ2v) is 4.00. The van der Waals surface area contributed by atoms with Crippen molar-refractivity contribution in [2.45, 2.75) is 0 Å². The lowest BCUT2D eigenvalue weighted by molar-refractivity contribution is 0.0732. The maximum atomic E-state index is 11.9. The van der Waals surface area contributed by atoms with Crippen LogP contribution in [0, 0.1) is 0 Å². The molecule has 5 N–H and O–H groups in total. The van der Waals surface area contributed by atoms with Gasteiger partial charge in [0, 0.05) is 0 Å². The van der Waals surface area contributed by atoms with Crippen molar-refractivity contribution < 1.29 is 19.4 Å². The van der Waals surface area contributed by atoms with Gasteiger partial charge in [0.05, 0.1) is 11.3 Å². The number of ether oxygens (including phenoxy) is 1. The van der Waals surface area contributed by atoms with E-state index in [1.807, 2.05) is 0 Å². The molecule has 0 radical (unpaired) electrons. The number of anilines is 1. The molecule has 0 spiro atoms. The van der Waals surface area contributed by atoms with Gasteiger partial charge in [0.2, 0.25) is 0 Å². The van der Waals surface area contributed by atoms with Gasteiger partial charge < -0.3 is 21.3 Å². The van der Waals surface area contributed by atoms with Crippen LogP contribution in [0.2, 0.25) is 0 Å². The van der Waals surface area contributed by atoms with E-state index in [9.17, 15) is 14.7 Å². The molecule has 0 heterocycles. The molecular formula is C14H12N2O4. The Bertz CT molecular complexity index is 668. The van der Waals surface area contributed by atoms with Crippen LogP contribution < -0.4 is 16.2 Å². The van der Waals surface area contributed by atoms with Gasteiger partial charge in [-0.25, -0.2) is 4.79 Å². The number of nitrogens with two attached hydrogens (primary N) is 2. The van der Waals surface area contributed by atoms with Crippen molar-refractivity contribution >= 4 is 17.6 Å². The zero-order chi connectivity index (χ0) is 14.7. The van der Waals surface area contributed by atoms with Crippen molar-refractivity contribution in [2.75, 3.05) is 5.73 Å². The Morgan fingerprint density at radius 1 is 1.05 bits per heavy atom. The Hall–Kier alpha value is -3.02. The van der Waals surface area contributed by atoms with E-state index in [1.165, 1.54) is 12.1 Å². The lowest BCUT2D eigenvalue weighted by atomic mass is 10.1. The summed E-state index contributed by atoms with van der Waals surface area (Å²) in [5, 5.41) is 9.72. The molecule has 0 fully saturated rings. The Labute approximate surface area is 114 Å². The number of hydrogen-bond donors (Lipinski definition) is 3. The molecule has 6 nitrogen and oxygen atoms in total. The summed E-state index contributed by atoms with van der Waals surface area (Å²) in [6.45, 7) is 0. The smallest absolute Gasteiger partial charge is 0.343 e. The maximum Gasteiger partial charge on any atom is 0.343 e. The van der Waals surface area contributed by atoms with Crippen LogP contribution in [0.3, 0.4) is 0 Å². The van der Waals surface area contributed by atoms with E-state index >= 15 is 0 Å². The van der Waals surface area contributed by atoms with Crippen LogP contribution in [0.15, 0.2) is 42.5 Å². The first-order chi connectivity index (χ1) is 9.50. The Balaban J connectivity index is 2.37. The van der Waals surface area contributed by atoms with Crippen molar-refractivity contribution in [3.8, 4) is 11.5 Å². The zero-order valence-electron chi connectivity index (χ0n) is 10.4. The molecule has 2 aromatic rings. The number of carbonyl (C=O) groups is 2. The van der Waals surface area contributed by atoms with Crippen LogP contribution in [0.1, 0.15) is 20.7 Å². The van der Waals surface area contributed by atoms with Gasteiger partial charge in [0.25, 0.3) is 5.91 Å². The first kappa shape index (κ1) is 13.4. The molecule has 0 saturated carbocycles. The lowest BCUT2D eigenvalue weighted by Gasteiger charge is -2.10. The van der Waals surface area contributed by atoms with Crippen molar-refractivity contribution in [1.29, 1.82) is 0 Å². The van der Waals surface area contributed by atoms with E-state index in [0.717, 1.165) is 0 Å². The van der Waals surface area contributed by atoms with E-state index < -0.39 is 17.6 Å². The molecule has 20 heavy (non-hydrogen) atoms. The lowest BCUT2D eigenvalue weighted by Crippen LogP contribution is -2.16. The van der Waals surface area contributed by atoms with Crippen LogP contribution >= 0.6 is 0 Å². The van der Waals surface area contributed by atoms with Gasteiger partial charge in [0.1, 0.15) is 11.3 Å². The number of nitrogen functional groups attached to an aromatic ring is 1. The van der Waals surface area contributed by atoms with Gasteiger partial charge in [-0.05, 0) is 24.3 Å². The highest BCUT2D eigenvalue weighted by Gasteiger charge is 2.20. The van der Waals surface area contributed by atoms with E-state index in [2.05, 4.69) is 0 Å². The van der Waals surface area contributed by atoms with E-state index in [1.54, 1.807) is 30.3 Å². The highest BCUT2D eigenvalue weighted by Crippen LogP contribution is 2.33. The summed E-state index contributed by atoms with van der Waals surface area (Å²) in [5.41, 5.74) is 10.6. The summed E-state index contributed by atoms with van der Waals surface area (Å²) in [6.07, 6.45) is 0. The molecule has 0 atom stereocenters. The summed E-state index contributed by atoms with van der Waals surface area (Å²) in [5.74, 6) is -2.25. The van der Waals surface area contributed by atoms with Crippen molar-refractivity contribution in [3.05, 3.63) is 53.6 Å². The fourth-order valence-electron chi connectivity index (χ4n) is 1.64. The molecule has 0 aliphatic heterocycles. The molecule has 102 valence electrons. The zero-order valence-corrected chi connectivity index (χ0v) is 10.4. The fourth-order valence-corrected chi connectivity index (χ4v) is 1.64. The van der Waals surface area contributed by atoms with Crippen LogP contribution in [-0.2, 0) is 0 Å². The summed E-state index contributed by atoms with van der Waals surface area (Å²) in [4.78, 5) is 23.2. The van der Waals surface area contributed by atoms with Crippen molar-refractivity contribution in [3.63, 3.8) is 0 Å². The Morgan fingerprint density at radius 2 is 1.70 bits per heavy atom. The second-order valence-electron chi connectivity index (χ2n) is 4.00. The topological polar surface area (TPSA) is 116 Å². The molecule has 2 aromatic carbocycles. The normalized spacial score (nSPS) is 10.0. The van der Waals surface area contributed by atoms with Crippen molar-refractivity contribution in [2.24, 2.45) is 5.73 Å². The van der Waals surface area contributed by atoms with E-state index in [0.29, 0.717) is 5.56 Å². The molecule has 0 saturated heterocycles. The Kier molecular flexibility index (Phi) is 3.56. The highest BCUT2D eigenvalue weighted by molar-refractivity contribution is 6.01. The standard InChI is InChI=1S/C14H12N2O4/c15-9-6-7-10(11(12(9)17)13(16)18)20-14(19)8-4-2-1-3-5-8/h1-7,17H,15H2,(H2,16,18). The van der Waals surface area contributed by atoms with E-state index in [-0.39, 0.29) is 17.0 Å². The minimum atomic E-state index is -0.939. The number of hydrogen-bond acceptors (Lipinski definition) is 5. The van der Waals surface area contributed by atoms with Gasteiger partial charge in [0.15, 0.2) is 5.75 Å². The molecule has 6 heteroatoms. The average Bonchev–Trinajstić information content (AvgIpc) is 2.43. The predicted octanol–water partition coefficient (Wildman–Crippen LogP) is 1.29. The quantitative estimate of drug-likeness (QED) is 0.337. The first-order valence-electron chi connectivity index (χ1n) is 5.69. The van der Waals surface area contributed by atoms with Gasteiger partial charge in [-0.3, -0.25) is 4.79 Å². The number of aromatic hydroxyl groups is 1. The number of benzene rings is 2. The summed E-state index contributed by atoms with van der Waals surface area (Å²) < 4.78 is 5.07. The third-order valence-corrected chi connectivity index (χ3v) is 2.63. The molecule has 0 aliphatic carbocycles. The summed E-state index contributed by atoms with van der Waals surface area (Å²) >= 11 is 0. The maximum absolute atomic E-state index is 11.9. The number of esters is 1. The van der Waals surface area contributed by atoms with Gasteiger partial charge >= 0.3 is 5.97 Å². The molecule has 0 bridgehead atoms. The molecule has 0 unspecified atom stereocenters. The van der Waals surface area contributed by atoms with Crippen molar-refractivity contribution in [1.82, 2.24) is 0 Å². The van der Waals surface area contributed by atoms with E-state index in [4.69, 9.17) is 16.2 Å². The molecule has 2 rings (SSSR count). The number of amides is 1. The predicted molar refractivity (Wildman–Crippen MR) is 72.4 cm³/mol. The monoisotopic (exact) mass is 272 g/mol. The number of carbonyl (C=O) groups excluding carboxylic acids is 2. The van der Waals surface area contributed by atoms with Crippen LogP contribution in [0.4, 0.5) is 5.69 Å². The molecule has 0 aliphatic rings. The molecule has 0 aromatic heterocycles.